The second kappa shape index (κ2) is 15.7. The largest absolute Gasteiger partial charge is 0.507 e. The number of carbonyl (C=O) groups is 4. The lowest BCUT2D eigenvalue weighted by atomic mass is 9.71. The Bertz CT molecular complexity index is 1090. The predicted octanol–water partition coefficient (Wildman–Crippen LogP) is 1.57. The van der Waals surface area contributed by atoms with Gasteiger partial charge in [-0.3, -0.25) is 14.4 Å². The van der Waals surface area contributed by atoms with Crippen molar-refractivity contribution in [2.75, 3.05) is 38.8 Å². The molecule has 0 spiro atoms. The molecule has 0 aliphatic heterocycles. The highest BCUT2D eigenvalue weighted by Gasteiger charge is 2.45. The molecule has 1 aromatic carbocycles. The van der Waals surface area contributed by atoms with E-state index in [4.69, 9.17) is 10.5 Å². The maximum Gasteiger partial charge on any atom is 0.407 e. The van der Waals surface area contributed by atoms with Crippen molar-refractivity contribution in [2.45, 2.75) is 76.9 Å². The number of Topliss-reactive ketones (excluding diaryl/α,β-unsaturated/α-hetero) is 2. The van der Waals surface area contributed by atoms with E-state index in [1.807, 2.05) is 0 Å². The summed E-state index contributed by atoms with van der Waals surface area (Å²) < 4.78 is 5.19. The zero-order valence-corrected chi connectivity index (χ0v) is 24.3. The van der Waals surface area contributed by atoms with Gasteiger partial charge in [0.1, 0.15) is 11.4 Å². The van der Waals surface area contributed by atoms with Crippen LogP contribution in [0.2, 0.25) is 0 Å². The zero-order chi connectivity index (χ0) is 30.7. The van der Waals surface area contributed by atoms with Gasteiger partial charge in [-0.15, -0.1) is 0 Å². The SMILES string of the molecule is CCCCCCOC(=O)NCc1cc(N(C)C)c2c(c1O)C(=O)C[C@H](C[C@@H](CCO)[C@](O)(CO)C(=O)CC(N)=O)C2. The topological polar surface area (TPSA) is 200 Å². The number of rotatable bonds is 17. The van der Waals surface area contributed by atoms with E-state index in [1.165, 1.54) is 0 Å². The van der Waals surface area contributed by atoms with Gasteiger partial charge in [0.2, 0.25) is 5.91 Å². The van der Waals surface area contributed by atoms with Crippen LogP contribution in [0.3, 0.4) is 0 Å². The normalized spacial score (nSPS) is 16.8. The molecule has 0 bridgehead atoms. The number of hydrogen-bond donors (Lipinski definition) is 6. The average molecular weight is 580 g/mol. The average Bonchev–Trinajstić information content (AvgIpc) is 2.91. The molecule has 0 saturated carbocycles. The summed E-state index contributed by atoms with van der Waals surface area (Å²) in [6.07, 6.45) is 2.81. The monoisotopic (exact) mass is 579 g/mol. The number of phenols is 1. The molecule has 7 N–H and O–H groups in total. The second-order valence-electron chi connectivity index (χ2n) is 11.0. The van der Waals surface area contributed by atoms with Crippen molar-refractivity contribution in [1.82, 2.24) is 5.32 Å². The molecule has 230 valence electrons. The molecule has 0 heterocycles. The second-order valence-corrected chi connectivity index (χ2v) is 11.0. The van der Waals surface area contributed by atoms with Crippen LogP contribution in [0.15, 0.2) is 6.07 Å². The van der Waals surface area contributed by atoms with E-state index in [2.05, 4.69) is 12.2 Å². The first-order chi connectivity index (χ1) is 19.4. The summed E-state index contributed by atoms with van der Waals surface area (Å²) in [5, 5.41) is 44.2. The Morgan fingerprint density at radius 1 is 1.20 bits per heavy atom. The van der Waals surface area contributed by atoms with Gasteiger partial charge in [-0.1, -0.05) is 26.2 Å². The lowest BCUT2D eigenvalue weighted by molar-refractivity contribution is -0.153. The number of nitrogens with two attached hydrogens (primary N) is 1. The van der Waals surface area contributed by atoms with Gasteiger partial charge in [-0.05, 0) is 49.1 Å². The summed E-state index contributed by atoms with van der Waals surface area (Å²) in [6, 6.07) is 1.69. The van der Waals surface area contributed by atoms with Crippen LogP contribution in [0.25, 0.3) is 0 Å². The van der Waals surface area contributed by atoms with Crippen molar-refractivity contribution in [1.29, 1.82) is 0 Å². The molecule has 0 aromatic heterocycles. The van der Waals surface area contributed by atoms with E-state index >= 15 is 0 Å². The number of ether oxygens (including phenoxy) is 1. The Kier molecular flexibility index (Phi) is 13.0. The number of ketones is 2. The highest BCUT2D eigenvalue weighted by molar-refractivity contribution is 6.03. The fourth-order valence-corrected chi connectivity index (χ4v) is 5.46. The van der Waals surface area contributed by atoms with Crippen LogP contribution in [-0.4, -0.2) is 83.5 Å². The van der Waals surface area contributed by atoms with Crippen molar-refractivity contribution < 1.29 is 44.3 Å². The quantitative estimate of drug-likeness (QED) is 0.116. The number of hydrogen-bond acceptors (Lipinski definition) is 10. The molecule has 1 aliphatic carbocycles. The molecule has 2 rings (SSSR count). The summed E-state index contributed by atoms with van der Waals surface area (Å²) in [6.45, 7) is 0.973. The number of alkyl carbamates (subject to hydrolysis) is 1. The molecular weight excluding hydrogens is 534 g/mol. The first kappa shape index (κ1) is 34.0. The summed E-state index contributed by atoms with van der Waals surface area (Å²) in [5.41, 5.74) is 4.54. The molecule has 0 saturated heterocycles. The van der Waals surface area contributed by atoms with Gasteiger partial charge in [-0.2, -0.15) is 0 Å². The molecule has 0 unspecified atom stereocenters. The summed E-state index contributed by atoms with van der Waals surface area (Å²) in [5.74, 6) is -3.82. The molecule has 1 aliphatic rings. The molecular formula is C29H45N3O9. The summed E-state index contributed by atoms with van der Waals surface area (Å²) in [4.78, 5) is 51.2. The molecule has 0 radical (unpaired) electrons. The van der Waals surface area contributed by atoms with E-state index in [0.29, 0.717) is 29.8 Å². The van der Waals surface area contributed by atoms with E-state index in [1.54, 1.807) is 25.1 Å². The number of fused-ring (bicyclic) bond motifs is 1. The number of aliphatic hydroxyl groups is 3. The van der Waals surface area contributed by atoms with Gasteiger partial charge in [0.25, 0.3) is 0 Å². The van der Waals surface area contributed by atoms with Crippen molar-refractivity contribution >= 4 is 29.3 Å². The molecule has 3 atom stereocenters. The van der Waals surface area contributed by atoms with Crippen molar-refractivity contribution in [3.05, 3.63) is 22.8 Å². The Morgan fingerprint density at radius 3 is 2.49 bits per heavy atom. The lowest BCUT2D eigenvalue weighted by Crippen LogP contribution is -2.51. The van der Waals surface area contributed by atoms with Gasteiger partial charge >= 0.3 is 6.09 Å². The van der Waals surface area contributed by atoms with Crippen LogP contribution < -0.4 is 16.0 Å². The first-order valence-corrected chi connectivity index (χ1v) is 14.1. The molecule has 2 amide bonds. The fourth-order valence-electron chi connectivity index (χ4n) is 5.46. The maximum atomic E-state index is 13.4. The van der Waals surface area contributed by atoms with E-state index in [9.17, 15) is 39.6 Å². The number of nitrogens with one attached hydrogen (secondary N) is 1. The molecule has 1 aromatic rings. The minimum atomic E-state index is -2.31. The third kappa shape index (κ3) is 8.88. The van der Waals surface area contributed by atoms with Gasteiger partial charge in [-0.25, -0.2) is 4.79 Å². The van der Waals surface area contributed by atoms with Crippen LogP contribution in [-0.2, 0) is 27.3 Å². The van der Waals surface area contributed by atoms with Crippen LogP contribution in [0.4, 0.5) is 10.5 Å². The standard InChI is InChI=1S/C29H45N3O9/c1-4-5-6-7-10-41-28(39)31-16-19-14-22(32(2)3)21-12-18(13-23(35)26(21)27(19)38)11-20(8-9-33)29(40,17-34)24(36)15-25(30)37/h14,18,20,33-34,38,40H,4-13,15-17H2,1-3H3,(H2,30,37)(H,31,39)/t18-,20-,29-/m1/s1. The van der Waals surface area contributed by atoms with Crippen LogP contribution in [0.1, 0.15) is 79.8 Å². The highest BCUT2D eigenvalue weighted by atomic mass is 16.5. The minimum Gasteiger partial charge on any atom is -0.507 e. The molecule has 12 heteroatoms. The van der Waals surface area contributed by atoms with Crippen molar-refractivity contribution in [3.8, 4) is 5.75 Å². The maximum absolute atomic E-state index is 13.4. The smallest absolute Gasteiger partial charge is 0.407 e. The zero-order valence-electron chi connectivity index (χ0n) is 24.3. The number of benzene rings is 1. The number of carbonyl (C=O) groups excluding carboxylic acids is 4. The minimum absolute atomic E-state index is 0.0163. The van der Waals surface area contributed by atoms with Gasteiger partial charge in [0.15, 0.2) is 11.6 Å². The first-order valence-electron chi connectivity index (χ1n) is 14.1. The van der Waals surface area contributed by atoms with Gasteiger partial charge in [0.05, 0.1) is 25.2 Å². The number of anilines is 1. The summed E-state index contributed by atoms with van der Waals surface area (Å²) in [7, 11) is 3.56. The number of primary amides is 1. The number of unbranched alkanes of at least 4 members (excludes halogenated alkanes) is 3. The van der Waals surface area contributed by atoms with Crippen LogP contribution in [0, 0.1) is 11.8 Å². The fraction of sp³-hybridized carbons (Fsp3) is 0.655. The third-order valence-electron chi connectivity index (χ3n) is 7.67. The number of aliphatic hydroxyl groups excluding tert-OH is 2. The van der Waals surface area contributed by atoms with Gasteiger partial charge in [0, 0.05) is 44.9 Å². The molecule has 0 fully saturated rings. The Morgan fingerprint density at radius 2 is 1.90 bits per heavy atom. The summed E-state index contributed by atoms with van der Waals surface area (Å²) >= 11 is 0. The third-order valence-corrected chi connectivity index (χ3v) is 7.67. The number of amides is 2. The molecule has 41 heavy (non-hydrogen) atoms. The Labute approximate surface area is 240 Å². The van der Waals surface area contributed by atoms with Crippen molar-refractivity contribution in [3.63, 3.8) is 0 Å². The Balaban J connectivity index is 2.27. The van der Waals surface area contributed by atoms with E-state index in [-0.39, 0.29) is 42.9 Å². The lowest BCUT2D eigenvalue weighted by Gasteiger charge is -2.37. The van der Waals surface area contributed by atoms with Gasteiger partial charge < -0.3 is 41.1 Å². The van der Waals surface area contributed by atoms with Crippen LogP contribution >= 0.6 is 0 Å². The van der Waals surface area contributed by atoms with Crippen molar-refractivity contribution in [2.24, 2.45) is 17.6 Å². The van der Waals surface area contributed by atoms with E-state index < -0.39 is 54.9 Å². The predicted molar refractivity (Wildman–Crippen MR) is 152 cm³/mol. The highest BCUT2D eigenvalue weighted by Crippen LogP contribution is 2.42. The molecule has 12 nitrogen and oxygen atoms in total. The number of phenolic OH excluding ortho intramolecular Hbond substituents is 1. The number of aromatic hydroxyl groups is 1. The Hall–Kier alpha value is -3.22. The van der Waals surface area contributed by atoms with E-state index in [0.717, 1.165) is 25.7 Å². The van der Waals surface area contributed by atoms with Crippen LogP contribution in [0.5, 0.6) is 5.75 Å². The number of nitrogens with zero attached hydrogens (tertiary/aromatic N) is 1.